The van der Waals surface area contributed by atoms with Crippen LogP contribution in [0.1, 0.15) is 49.7 Å². The van der Waals surface area contributed by atoms with E-state index in [1.807, 2.05) is 6.07 Å². The molecule has 0 radical (unpaired) electrons. The molecule has 1 unspecified atom stereocenters. The minimum absolute atomic E-state index is 0.0554. The fourth-order valence-corrected chi connectivity index (χ4v) is 8.07. The molecule has 1 aromatic carbocycles. The van der Waals surface area contributed by atoms with E-state index in [-0.39, 0.29) is 22.8 Å². The van der Waals surface area contributed by atoms with Gasteiger partial charge in [0.1, 0.15) is 11.7 Å². The molecule has 6 aliphatic rings. The molecular formula is C20H24NO3+. The monoisotopic (exact) mass is 326 g/mol. The number of rotatable bonds is 2. The van der Waals surface area contributed by atoms with Gasteiger partial charge in [0, 0.05) is 23.5 Å². The van der Waals surface area contributed by atoms with Crippen LogP contribution in [0.25, 0.3) is 0 Å². The SMILES string of the molecule is C[N@@+]1(CC2CC2)[C@@H]2C13C[C@]14c5c3ccc(O)c5O[C@H]1CCC[C@@]24O. The predicted molar refractivity (Wildman–Crippen MR) is 86.9 cm³/mol. The lowest BCUT2D eigenvalue weighted by atomic mass is 9.59. The number of aromatic hydroxyl groups is 1. The van der Waals surface area contributed by atoms with Crippen LogP contribution in [0.2, 0.25) is 0 Å². The molecule has 2 heterocycles. The van der Waals surface area contributed by atoms with Gasteiger partial charge in [0.2, 0.25) is 0 Å². The van der Waals surface area contributed by atoms with Crippen LogP contribution in [-0.4, -0.2) is 46.0 Å². The summed E-state index contributed by atoms with van der Waals surface area (Å²) in [6.45, 7) is 1.21. The molecular weight excluding hydrogens is 302 g/mol. The third-order valence-corrected chi connectivity index (χ3v) is 8.86. The van der Waals surface area contributed by atoms with Crippen LogP contribution in [0.15, 0.2) is 12.1 Å². The molecule has 126 valence electrons. The Kier molecular flexibility index (Phi) is 1.76. The number of hydrogen-bond acceptors (Lipinski definition) is 3. The van der Waals surface area contributed by atoms with Crippen LogP contribution in [0.4, 0.5) is 0 Å². The number of piperidine rings is 1. The van der Waals surface area contributed by atoms with Crippen LogP contribution in [0.5, 0.6) is 11.5 Å². The number of benzene rings is 1. The number of phenols is 1. The number of likely N-dealkylation sites (N-methyl/N-ethyl adjacent to an activating group) is 1. The topological polar surface area (TPSA) is 49.7 Å². The highest BCUT2D eigenvalue weighted by atomic mass is 16.5. The minimum Gasteiger partial charge on any atom is -0.504 e. The molecule has 4 fully saturated rings. The third-order valence-electron chi connectivity index (χ3n) is 8.86. The van der Waals surface area contributed by atoms with E-state index in [2.05, 4.69) is 13.1 Å². The zero-order valence-electron chi connectivity index (χ0n) is 14.1. The van der Waals surface area contributed by atoms with Gasteiger partial charge in [-0.05, 0) is 44.2 Å². The Balaban J connectivity index is 1.54. The second kappa shape index (κ2) is 3.24. The highest BCUT2D eigenvalue weighted by Gasteiger charge is 2.99. The molecule has 1 saturated heterocycles. The fourth-order valence-electron chi connectivity index (χ4n) is 8.07. The van der Waals surface area contributed by atoms with Crippen LogP contribution < -0.4 is 4.74 Å². The van der Waals surface area contributed by atoms with E-state index in [0.29, 0.717) is 11.8 Å². The van der Waals surface area contributed by atoms with Gasteiger partial charge < -0.3 is 19.4 Å². The zero-order valence-corrected chi connectivity index (χ0v) is 14.1. The predicted octanol–water partition coefficient (Wildman–Crippen LogP) is 2.16. The quantitative estimate of drug-likeness (QED) is 0.647. The zero-order chi connectivity index (χ0) is 16.1. The summed E-state index contributed by atoms with van der Waals surface area (Å²) in [6.07, 6.45) is 6.74. The van der Waals surface area contributed by atoms with Crippen molar-refractivity contribution in [1.29, 1.82) is 0 Å². The molecule has 0 amide bonds. The molecule has 3 saturated carbocycles. The Hall–Kier alpha value is -1.26. The average molecular weight is 326 g/mol. The number of hydrogen-bond donors (Lipinski definition) is 2. The Morgan fingerprint density at radius 2 is 2.12 bits per heavy atom. The third kappa shape index (κ3) is 0.940. The number of ether oxygens (including phenoxy) is 1. The van der Waals surface area contributed by atoms with Gasteiger partial charge in [-0.25, -0.2) is 0 Å². The summed E-state index contributed by atoms with van der Waals surface area (Å²) in [5.74, 6) is 1.81. The number of fused-ring (bicyclic) bond motifs is 1. The van der Waals surface area contributed by atoms with Crippen molar-refractivity contribution >= 4 is 0 Å². The maximum atomic E-state index is 12.0. The molecule has 4 nitrogen and oxygen atoms in total. The van der Waals surface area contributed by atoms with Gasteiger partial charge in [-0.1, -0.05) is 0 Å². The van der Waals surface area contributed by atoms with Gasteiger partial charge in [0.15, 0.2) is 23.1 Å². The molecule has 24 heavy (non-hydrogen) atoms. The normalized spacial score (nSPS) is 54.4. The number of likely N-dealkylation sites (tertiary alicyclic amines) is 1. The molecule has 2 spiro atoms. The van der Waals surface area contributed by atoms with E-state index in [0.717, 1.165) is 36.1 Å². The summed E-state index contributed by atoms with van der Waals surface area (Å²) < 4.78 is 7.28. The van der Waals surface area contributed by atoms with Gasteiger partial charge in [-0.2, -0.15) is 0 Å². The van der Waals surface area contributed by atoms with Gasteiger partial charge in [0.05, 0.1) is 19.0 Å². The Morgan fingerprint density at radius 1 is 1.29 bits per heavy atom. The average Bonchev–Trinajstić information content (AvgIpc) is 3.30. The summed E-state index contributed by atoms with van der Waals surface area (Å²) in [4.78, 5) is 0. The van der Waals surface area contributed by atoms with Crippen molar-refractivity contribution in [3.05, 3.63) is 23.3 Å². The van der Waals surface area contributed by atoms with E-state index in [1.54, 1.807) is 0 Å². The Labute approximate surface area is 141 Å². The van der Waals surface area contributed by atoms with E-state index in [4.69, 9.17) is 4.74 Å². The molecule has 7 rings (SSSR count). The molecule has 2 aliphatic heterocycles. The lowest BCUT2D eigenvalue weighted by Gasteiger charge is -2.47. The first-order chi connectivity index (χ1) is 11.5. The number of phenolic OH excluding ortho intramolecular Hbond substituents is 1. The number of nitrogens with zero attached hydrogens (tertiary/aromatic N) is 1. The molecule has 1 aromatic rings. The summed E-state index contributed by atoms with van der Waals surface area (Å²) in [5, 5.41) is 22.4. The first kappa shape index (κ1) is 13.0. The van der Waals surface area contributed by atoms with Crippen LogP contribution in [0.3, 0.4) is 0 Å². The largest absolute Gasteiger partial charge is 0.504 e. The summed E-state index contributed by atoms with van der Waals surface area (Å²) >= 11 is 0. The van der Waals surface area contributed by atoms with Gasteiger partial charge in [0.25, 0.3) is 0 Å². The lowest BCUT2D eigenvalue weighted by Crippen LogP contribution is -2.62. The fraction of sp³-hybridized carbons (Fsp3) is 0.700. The van der Waals surface area contributed by atoms with E-state index in [9.17, 15) is 10.2 Å². The van der Waals surface area contributed by atoms with Crippen molar-refractivity contribution in [2.45, 2.75) is 67.2 Å². The van der Waals surface area contributed by atoms with Crippen LogP contribution >= 0.6 is 0 Å². The van der Waals surface area contributed by atoms with Crippen molar-refractivity contribution in [2.75, 3.05) is 13.6 Å². The van der Waals surface area contributed by atoms with Crippen molar-refractivity contribution in [3.8, 4) is 11.5 Å². The molecule has 2 bridgehead atoms. The molecule has 4 aliphatic carbocycles. The lowest BCUT2D eigenvalue weighted by molar-refractivity contribution is -0.837. The van der Waals surface area contributed by atoms with Crippen molar-refractivity contribution < 1.29 is 19.4 Å². The Bertz CT molecular complexity index is 834. The van der Waals surface area contributed by atoms with Crippen LogP contribution in [-0.2, 0) is 11.0 Å². The van der Waals surface area contributed by atoms with Crippen molar-refractivity contribution in [2.24, 2.45) is 5.92 Å². The van der Waals surface area contributed by atoms with E-state index in [1.165, 1.54) is 30.5 Å². The van der Waals surface area contributed by atoms with Crippen molar-refractivity contribution in [3.63, 3.8) is 0 Å². The van der Waals surface area contributed by atoms with Crippen LogP contribution in [0, 0.1) is 5.92 Å². The van der Waals surface area contributed by atoms with E-state index >= 15 is 0 Å². The van der Waals surface area contributed by atoms with E-state index < -0.39 is 5.60 Å². The first-order valence-electron chi connectivity index (χ1n) is 9.60. The highest BCUT2D eigenvalue weighted by molar-refractivity contribution is 5.69. The Morgan fingerprint density at radius 3 is 2.92 bits per heavy atom. The molecule has 4 heteroatoms. The van der Waals surface area contributed by atoms with Gasteiger partial charge >= 0.3 is 0 Å². The highest BCUT2D eigenvalue weighted by Crippen LogP contribution is 2.85. The minimum atomic E-state index is -0.647. The van der Waals surface area contributed by atoms with Crippen molar-refractivity contribution in [1.82, 2.24) is 0 Å². The number of quaternary nitrogens is 1. The summed E-state index contributed by atoms with van der Waals surface area (Å²) in [5.41, 5.74) is 1.76. The molecule has 2 N–H and O–H groups in total. The smallest absolute Gasteiger partial charge is 0.182 e. The second-order valence-corrected chi connectivity index (χ2v) is 9.63. The first-order valence-corrected chi connectivity index (χ1v) is 9.60. The molecule has 6 atom stereocenters. The number of aliphatic hydroxyl groups is 1. The maximum Gasteiger partial charge on any atom is 0.182 e. The maximum absolute atomic E-state index is 12.0. The molecule has 0 aromatic heterocycles. The standard InChI is InChI=1S/C20H23NO3/c1-21(9-11-4-5-11)17-19(21)10-18-14(3-2-8-20(17,18)23)24-16-13(22)7-6-12(19)15(16)18/h6-7,11,14,17,23H,2-5,8-10H2,1H3/p+1/t14-,17+,18+,19?,20+,21+/m0/s1. The van der Waals surface area contributed by atoms with Gasteiger partial charge in [-0.3, -0.25) is 0 Å². The summed E-state index contributed by atoms with van der Waals surface area (Å²) in [6, 6.07) is 4.31. The summed E-state index contributed by atoms with van der Waals surface area (Å²) in [7, 11) is 2.39. The van der Waals surface area contributed by atoms with Gasteiger partial charge in [-0.15, -0.1) is 0 Å². The second-order valence-electron chi connectivity index (χ2n) is 9.63.